The van der Waals surface area contributed by atoms with Crippen LogP contribution in [-0.4, -0.2) is 23.8 Å². The SMILES string of the molecule is COc1ccc2c(=O)n(CC(=O)OC(C)C)ccc2c1. The van der Waals surface area contributed by atoms with Gasteiger partial charge in [-0.05, 0) is 43.5 Å². The summed E-state index contributed by atoms with van der Waals surface area (Å²) in [6.45, 7) is 3.46. The van der Waals surface area contributed by atoms with E-state index in [1.807, 2.05) is 0 Å². The minimum Gasteiger partial charge on any atom is -0.497 e. The van der Waals surface area contributed by atoms with E-state index >= 15 is 0 Å². The number of fused-ring (bicyclic) bond motifs is 1. The van der Waals surface area contributed by atoms with E-state index in [2.05, 4.69) is 0 Å². The first-order chi connectivity index (χ1) is 9.51. The molecule has 0 bridgehead atoms. The fourth-order valence-electron chi connectivity index (χ4n) is 1.96. The topological polar surface area (TPSA) is 57.5 Å². The third-order valence-corrected chi connectivity index (χ3v) is 2.85. The van der Waals surface area contributed by atoms with Gasteiger partial charge in [0.1, 0.15) is 12.3 Å². The number of methoxy groups -OCH3 is 1. The van der Waals surface area contributed by atoms with Crippen molar-refractivity contribution in [3.05, 3.63) is 40.8 Å². The maximum atomic E-state index is 12.3. The lowest BCUT2D eigenvalue weighted by molar-refractivity contribution is -0.148. The van der Waals surface area contributed by atoms with Gasteiger partial charge in [-0.2, -0.15) is 0 Å². The summed E-state index contributed by atoms with van der Waals surface area (Å²) in [7, 11) is 1.57. The van der Waals surface area contributed by atoms with Crippen LogP contribution >= 0.6 is 0 Å². The number of nitrogens with zero attached hydrogens (tertiary/aromatic N) is 1. The van der Waals surface area contributed by atoms with Crippen LogP contribution in [0.15, 0.2) is 35.3 Å². The molecule has 0 N–H and O–H groups in total. The highest BCUT2D eigenvalue weighted by atomic mass is 16.5. The summed E-state index contributed by atoms with van der Waals surface area (Å²) in [5.74, 6) is 0.267. The Kier molecular flexibility index (Phi) is 4.08. The Balaban J connectivity index is 2.35. The molecule has 0 atom stereocenters. The highest BCUT2D eigenvalue weighted by Gasteiger charge is 2.10. The van der Waals surface area contributed by atoms with Gasteiger partial charge in [0.15, 0.2) is 0 Å². The zero-order valence-electron chi connectivity index (χ0n) is 11.8. The smallest absolute Gasteiger partial charge is 0.326 e. The summed E-state index contributed by atoms with van der Waals surface area (Å²) in [6, 6.07) is 6.98. The van der Waals surface area contributed by atoms with Gasteiger partial charge in [0.25, 0.3) is 5.56 Å². The van der Waals surface area contributed by atoms with Crippen molar-refractivity contribution in [3.8, 4) is 5.75 Å². The molecule has 0 fully saturated rings. The Hall–Kier alpha value is -2.30. The summed E-state index contributed by atoms with van der Waals surface area (Å²) in [6.07, 6.45) is 1.40. The molecule has 0 spiro atoms. The van der Waals surface area contributed by atoms with Crippen LogP contribution in [0.4, 0.5) is 0 Å². The second-order valence-corrected chi connectivity index (χ2v) is 4.74. The molecule has 0 saturated heterocycles. The van der Waals surface area contributed by atoms with E-state index in [-0.39, 0.29) is 18.2 Å². The van der Waals surface area contributed by atoms with E-state index in [4.69, 9.17) is 9.47 Å². The Morgan fingerprint density at radius 3 is 2.70 bits per heavy atom. The van der Waals surface area contributed by atoms with E-state index in [0.29, 0.717) is 11.1 Å². The van der Waals surface area contributed by atoms with Crippen molar-refractivity contribution in [3.63, 3.8) is 0 Å². The standard InChI is InChI=1S/C15H17NO4/c1-10(2)20-14(17)9-16-7-6-11-8-12(19-3)4-5-13(11)15(16)18/h4-8,10H,9H2,1-3H3. The molecule has 2 rings (SSSR count). The fraction of sp³-hybridized carbons (Fsp3) is 0.333. The molecule has 1 heterocycles. The lowest BCUT2D eigenvalue weighted by atomic mass is 10.1. The molecule has 0 aliphatic carbocycles. The second kappa shape index (κ2) is 5.77. The van der Waals surface area contributed by atoms with Crippen molar-refractivity contribution in [2.24, 2.45) is 0 Å². The third kappa shape index (κ3) is 2.99. The Labute approximate surface area is 116 Å². The molecule has 0 aliphatic heterocycles. The largest absolute Gasteiger partial charge is 0.497 e. The lowest BCUT2D eigenvalue weighted by Gasteiger charge is -2.10. The van der Waals surface area contributed by atoms with Crippen molar-refractivity contribution in [2.45, 2.75) is 26.5 Å². The van der Waals surface area contributed by atoms with E-state index < -0.39 is 5.97 Å². The van der Waals surface area contributed by atoms with Crippen LogP contribution in [0, 0.1) is 0 Å². The minimum absolute atomic E-state index is 0.0843. The highest BCUT2D eigenvalue weighted by Crippen LogP contribution is 2.17. The van der Waals surface area contributed by atoms with Crippen molar-refractivity contribution in [1.82, 2.24) is 4.57 Å². The Morgan fingerprint density at radius 1 is 1.30 bits per heavy atom. The summed E-state index contributed by atoms with van der Waals surface area (Å²) in [5, 5.41) is 1.33. The van der Waals surface area contributed by atoms with Crippen LogP contribution in [-0.2, 0) is 16.1 Å². The second-order valence-electron chi connectivity index (χ2n) is 4.74. The monoisotopic (exact) mass is 275 g/mol. The maximum Gasteiger partial charge on any atom is 0.326 e. The zero-order valence-corrected chi connectivity index (χ0v) is 11.8. The highest BCUT2D eigenvalue weighted by molar-refractivity contribution is 5.83. The van der Waals surface area contributed by atoms with Gasteiger partial charge in [0.2, 0.25) is 0 Å². The summed E-state index contributed by atoms with van der Waals surface area (Å²) >= 11 is 0. The van der Waals surface area contributed by atoms with E-state index in [0.717, 1.165) is 5.39 Å². The predicted molar refractivity (Wildman–Crippen MR) is 76.0 cm³/mol. The first-order valence-electron chi connectivity index (χ1n) is 6.38. The average Bonchev–Trinajstić information content (AvgIpc) is 2.40. The number of ether oxygens (including phenoxy) is 2. The van der Waals surface area contributed by atoms with Gasteiger partial charge in [-0.1, -0.05) is 0 Å². The minimum atomic E-state index is -0.421. The molecule has 0 saturated carbocycles. The van der Waals surface area contributed by atoms with Crippen molar-refractivity contribution < 1.29 is 14.3 Å². The first-order valence-corrected chi connectivity index (χ1v) is 6.38. The van der Waals surface area contributed by atoms with Crippen LogP contribution in [0.1, 0.15) is 13.8 Å². The molecule has 0 aliphatic rings. The first kappa shape index (κ1) is 14.1. The molecule has 0 radical (unpaired) electrons. The molecule has 106 valence electrons. The van der Waals surface area contributed by atoms with Gasteiger partial charge in [-0.3, -0.25) is 9.59 Å². The number of hydrogen-bond donors (Lipinski definition) is 0. The number of rotatable bonds is 4. The fourth-order valence-corrected chi connectivity index (χ4v) is 1.96. The molecule has 20 heavy (non-hydrogen) atoms. The van der Waals surface area contributed by atoms with Crippen LogP contribution in [0.3, 0.4) is 0 Å². The predicted octanol–water partition coefficient (Wildman–Crippen LogP) is 1.96. The quantitative estimate of drug-likeness (QED) is 0.800. The number of carbonyl (C=O) groups excluding carboxylic acids is 1. The number of pyridine rings is 1. The number of carbonyl (C=O) groups is 1. The number of esters is 1. The average molecular weight is 275 g/mol. The van der Waals surface area contributed by atoms with Crippen molar-refractivity contribution in [1.29, 1.82) is 0 Å². The Morgan fingerprint density at radius 2 is 2.05 bits per heavy atom. The molecule has 1 aromatic heterocycles. The lowest BCUT2D eigenvalue weighted by Crippen LogP contribution is -2.26. The number of aromatic nitrogens is 1. The van der Waals surface area contributed by atoms with Crippen LogP contribution in [0.2, 0.25) is 0 Å². The van der Waals surface area contributed by atoms with E-state index in [1.54, 1.807) is 51.4 Å². The van der Waals surface area contributed by atoms with Gasteiger partial charge < -0.3 is 14.0 Å². The number of benzene rings is 1. The molecule has 5 nitrogen and oxygen atoms in total. The van der Waals surface area contributed by atoms with Crippen molar-refractivity contribution >= 4 is 16.7 Å². The number of hydrogen-bond acceptors (Lipinski definition) is 4. The zero-order chi connectivity index (χ0) is 14.7. The van der Waals surface area contributed by atoms with Gasteiger partial charge in [-0.25, -0.2) is 0 Å². The van der Waals surface area contributed by atoms with Gasteiger partial charge >= 0.3 is 5.97 Å². The summed E-state index contributed by atoms with van der Waals surface area (Å²) in [4.78, 5) is 23.9. The van der Waals surface area contributed by atoms with Crippen molar-refractivity contribution in [2.75, 3.05) is 7.11 Å². The molecule has 2 aromatic rings. The van der Waals surface area contributed by atoms with Gasteiger partial charge in [0.05, 0.1) is 13.2 Å². The maximum absolute atomic E-state index is 12.3. The molecular weight excluding hydrogens is 258 g/mol. The normalized spacial score (nSPS) is 10.8. The van der Waals surface area contributed by atoms with Crippen LogP contribution in [0.5, 0.6) is 5.75 Å². The molecule has 1 aromatic carbocycles. The Bertz CT molecular complexity index is 688. The van der Waals surface area contributed by atoms with Gasteiger partial charge in [0, 0.05) is 11.6 Å². The van der Waals surface area contributed by atoms with Gasteiger partial charge in [-0.15, -0.1) is 0 Å². The summed E-state index contributed by atoms with van der Waals surface area (Å²) < 4.78 is 11.5. The molecule has 0 amide bonds. The van der Waals surface area contributed by atoms with E-state index in [9.17, 15) is 9.59 Å². The molecule has 5 heteroatoms. The van der Waals surface area contributed by atoms with E-state index in [1.165, 1.54) is 4.57 Å². The molecule has 0 unspecified atom stereocenters. The summed E-state index contributed by atoms with van der Waals surface area (Å²) in [5.41, 5.74) is -0.217. The molecular formula is C15H17NO4. The third-order valence-electron chi connectivity index (χ3n) is 2.85. The van der Waals surface area contributed by atoms with Crippen LogP contribution < -0.4 is 10.3 Å². The van der Waals surface area contributed by atoms with Crippen LogP contribution in [0.25, 0.3) is 10.8 Å².